The fourth-order valence-electron chi connectivity index (χ4n) is 4.31. The van der Waals surface area contributed by atoms with Gasteiger partial charge < -0.3 is 4.90 Å². The number of amides is 1. The molecule has 1 aliphatic heterocycles. The van der Waals surface area contributed by atoms with E-state index in [1.165, 1.54) is 10.4 Å². The van der Waals surface area contributed by atoms with Crippen LogP contribution in [0.25, 0.3) is 0 Å². The second-order valence-electron chi connectivity index (χ2n) is 8.32. The van der Waals surface area contributed by atoms with Gasteiger partial charge in [0.25, 0.3) is 0 Å². The van der Waals surface area contributed by atoms with Crippen LogP contribution in [-0.2, 0) is 21.2 Å². The molecule has 7 heteroatoms. The van der Waals surface area contributed by atoms with Gasteiger partial charge in [-0.05, 0) is 57.0 Å². The molecule has 1 aliphatic carbocycles. The van der Waals surface area contributed by atoms with Gasteiger partial charge in [0.05, 0.1) is 18.1 Å². The molecular formula is C20H32N2O3S2. The van der Waals surface area contributed by atoms with Gasteiger partial charge in [0.15, 0.2) is 9.84 Å². The lowest BCUT2D eigenvalue weighted by Gasteiger charge is -2.36. The lowest BCUT2D eigenvalue weighted by Crippen LogP contribution is -2.51. The summed E-state index contributed by atoms with van der Waals surface area (Å²) in [5.41, 5.74) is 1.27. The van der Waals surface area contributed by atoms with E-state index in [0.717, 1.165) is 32.2 Å². The summed E-state index contributed by atoms with van der Waals surface area (Å²) >= 11 is 1.74. The van der Waals surface area contributed by atoms with Crippen LogP contribution in [0.1, 0.15) is 56.4 Å². The monoisotopic (exact) mass is 412 g/mol. The summed E-state index contributed by atoms with van der Waals surface area (Å²) in [5, 5.41) is 2.10. The molecule has 2 heterocycles. The van der Waals surface area contributed by atoms with Crippen LogP contribution in [0, 0.1) is 6.92 Å². The van der Waals surface area contributed by atoms with Gasteiger partial charge in [-0.2, -0.15) is 0 Å². The predicted octanol–water partition coefficient (Wildman–Crippen LogP) is 3.23. The highest BCUT2D eigenvalue weighted by atomic mass is 32.2. The summed E-state index contributed by atoms with van der Waals surface area (Å²) in [7, 11) is -3.00. The number of sulfone groups is 1. The number of carbonyl (C=O) groups excluding carboxylic acids is 1. The number of hydrogen-bond acceptors (Lipinski definition) is 5. The molecule has 0 aromatic carbocycles. The van der Waals surface area contributed by atoms with Crippen molar-refractivity contribution in [2.45, 2.75) is 77.5 Å². The molecule has 1 saturated heterocycles. The largest absolute Gasteiger partial charge is 0.335 e. The van der Waals surface area contributed by atoms with Gasteiger partial charge in [-0.1, -0.05) is 12.8 Å². The van der Waals surface area contributed by atoms with Crippen molar-refractivity contribution in [1.82, 2.24) is 9.80 Å². The highest BCUT2D eigenvalue weighted by molar-refractivity contribution is 7.91. The van der Waals surface area contributed by atoms with E-state index in [1.54, 1.807) is 11.3 Å². The molecule has 2 aliphatic rings. The zero-order valence-electron chi connectivity index (χ0n) is 16.7. The summed E-state index contributed by atoms with van der Waals surface area (Å²) in [6.07, 6.45) is 4.88. The molecule has 1 atom stereocenters. The molecule has 0 N–H and O–H groups in total. The van der Waals surface area contributed by atoms with E-state index in [2.05, 4.69) is 37.1 Å². The van der Waals surface area contributed by atoms with Gasteiger partial charge in [0, 0.05) is 29.5 Å². The van der Waals surface area contributed by atoms with Crippen molar-refractivity contribution in [1.29, 1.82) is 0 Å². The summed E-state index contributed by atoms with van der Waals surface area (Å²) < 4.78 is 24.0. The Morgan fingerprint density at radius 3 is 2.44 bits per heavy atom. The van der Waals surface area contributed by atoms with Gasteiger partial charge in [0.2, 0.25) is 5.91 Å². The molecule has 2 fully saturated rings. The van der Waals surface area contributed by atoms with Gasteiger partial charge >= 0.3 is 0 Å². The van der Waals surface area contributed by atoms with E-state index in [1.807, 2.05) is 4.90 Å². The molecule has 3 rings (SSSR count). The third-order valence-electron chi connectivity index (χ3n) is 5.99. The van der Waals surface area contributed by atoms with Crippen LogP contribution >= 0.6 is 11.3 Å². The van der Waals surface area contributed by atoms with Gasteiger partial charge in [-0.3, -0.25) is 9.69 Å². The maximum Gasteiger partial charge on any atom is 0.237 e. The SMILES string of the molecule is Cc1ccsc1CN(CC(=O)N(C1CCCC1)C1CCS(=O)(=O)C1)C(C)C. The average molecular weight is 413 g/mol. The van der Waals surface area contributed by atoms with Crippen molar-refractivity contribution in [3.63, 3.8) is 0 Å². The van der Waals surface area contributed by atoms with Gasteiger partial charge in [-0.15, -0.1) is 11.3 Å². The third-order valence-corrected chi connectivity index (χ3v) is 8.75. The van der Waals surface area contributed by atoms with E-state index in [0.29, 0.717) is 13.0 Å². The Labute approximate surface area is 167 Å². The zero-order chi connectivity index (χ0) is 19.6. The number of rotatable bonds is 7. The average Bonchev–Trinajstić information content (AvgIpc) is 3.31. The minimum atomic E-state index is -3.00. The number of hydrogen-bond donors (Lipinski definition) is 0. The van der Waals surface area contributed by atoms with Crippen LogP contribution in [0.3, 0.4) is 0 Å². The van der Waals surface area contributed by atoms with Gasteiger partial charge in [-0.25, -0.2) is 8.42 Å². The Morgan fingerprint density at radius 2 is 1.93 bits per heavy atom. The number of nitrogens with zero attached hydrogens (tertiary/aromatic N) is 2. The van der Waals surface area contributed by atoms with Crippen LogP contribution in [0.4, 0.5) is 0 Å². The number of carbonyl (C=O) groups is 1. The van der Waals surface area contributed by atoms with Crippen molar-refractivity contribution >= 4 is 27.1 Å². The van der Waals surface area contributed by atoms with Crippen LogP contribution in [0.5, 0.6) is 0 Å². The van der Waals surface area contributed by atoms with E-state index in [-0.39, 0.29) is 35.5 Å². The number of aryl methyl sites for hydroxylation is 1. The van der Waals surface area contributed by atoms with E-state index in [9.17, 15) is 13.2 Å². The Morgan fingerprint density at radius 1 is 1.22 bits per heavy atom. The quantitative estimate of drug-likeness (QED) is 0.690. The molecule has 0 radical (unpaired) electrons. The molecule has 1 aromatic rings. The molecule has 1 amide bonds. The fourth-order valence-corrected chi connectivity index (χ4v) is 6.95. The molecule has 1 aromatic heterocycles. The summed E-state index contributed by atoms with van der Waals surface area (Å²) in [6.45, 7) is 7.49. The first-order valence-electron chi connectivity index (χ1n) is 10.1. The Bertz CT molecular complexity index is 751. The maximum atomic E-state index is 13.3. The van der Waals surface area contributed by atoms with Crippen molar-refractivity contribution in [2.24, 2.45) is 0 Å². The first kappa shape index (κ1) is 20.8. The molecule has 152 valence electrons. The second kappa shape index (κ2) is 8.62. The van der Waals surface area contributed by atoms with E-state index in [4.69, 9.17) is 0 Å². The summed E-state index contributed by atoms with van der Waals surface area (Å²) in [6, 6.07) is 2.46. The lowest BCUT2D eigenvalue weighted by molar-refractivity contribution is -0.137. The topological polar surface area (TPSA) is 57.7 Å². The van der Waals surface area contributed by atoms with Crippen molar-refractivity contribution < 1.29 is 13.2 Å². The Balaban J connectivity index is 1.74. The van der Waals surface area contributed by atoms with E-state index >= 15 is 0 Å². The zero-order valence-corrected chi connectivity index (χ0v) is 18.3. The van der Waals surface area contributed by atoms with Crippen LogP contribution in [-0.4, -0.2) is 60.3 Å². The van der Waals surface area contributed by atoms with Gasteiger partial charge in [0.1, 0.15) is 0 Å². The predicted molar refractivity (Wildman–Crippen MR) is 111 cm³/mol. The van der Waals surface area contributed by atoms with Crippen molar-refractivity contribution in [3.05, 3.63) is 21.9 Å². The van der Waals surface area contributed by atoms with Crippen molar-refractivity contribution in [3.8, 4) is 0 Å². The molecule has 0 bridgehead atoms. The minimum absolute atomic E-state index is 0.104. The lowest BCUT2D eigenvalue weighted by atomic mass is 10.1. The van der Waals surface area contributed by atoms with Crippen LogP contribution < -0.4 is 0 Å². The first-order valence-corrected chi connectivity index (χ1v) is 12.8. The third kappa shape index (κ3) is 5.12. The molecule has 0 spiro atoms. The fraction of sp³-hybridized carbons (Fsp3) is 0.750. The van der Waals surface area contributed by atoms with E-state index < -0.39 is 9.84 Å². The standard InChI is InChI=1S/C20H32N2O3S2/c1-15(2)21(12-19-16(3)8-10-26-19)13-20(23)22(17-6-4-5-7-17)18-9-11-27(24,25)14-18/h8,10,15,17-18H,4-7,9,11-14H2,1-3H3. The molecule has 1 unspecified atom stereocenters. The highest BCUT2D eigenvalue weighted by Gasteiger charge is 2.39. The van der Waals surface area contributed by atoms with Crippen LogP contribution in [0.15, 0.2) is 11.4 Å². The maximum absolute atomic E-state index is 13.3. The highest BCUT2D eigenvalue weighted by Crippen LogP contribution is 2.29. The molecule has 5 nitrogen and oxygen atoms in total. The van der Waals surface area contributed by atoms with Crippen LogP contribution in [0.2, 0.25) is 0 Å². The summed E-state index contributed by atoms with van der Waals surface area (Å²) in [4.78, 5) is 18.8. The Hall–Kier alpha value is -0.920. The smallest absolute Gasteiger partial charge is 0.237 e. The van der Waals surface area contributed by atoms with Crippen molar-refractivity contribution in [2.75, 3.05) is 18.1 Å². The number of thiophene rings is 1. The minimum Gasteiger partial charge on any atom is -0.335 e. The molecular weight excluding hydrogens is 380 g/mol. The Kier molecular flexibility index (Phi) is 6.64. The normalized spacial score (nSPS) is 22.8. The summed E-state index contributed by atoms with van der Waals surface area (Å²) in [5.74, 6) is 0.462. The second-order valence-corrected chi connectivity index (χ2v) is 11.6. The molecule has 27 heavy (non-hydrogen) atoms. The first-order chi connectivity index (χ1) is 12.8. The molecule has 1 saturated carbocycles.